The van der Waals surface area contributed by atoms with Gasteiger partial charge in [-0.3, -0.25) is 4.99 Å². The van der Waals surface area contributed by atoms with Gasteiger partial charge >= 0.3 is 0 Å². The first-order chi connectivity index (χ1) is 15.2. The molecule has 4 heteroatoms. The molecule has 3 aromatic carbocycles. The summed E-state index contributed by atoms with van der Waals surface area (Å²) in [6.45, 7) is 2.69. The van der Waals surface area contributed by atoms with E-state index in [9.17, 15) is 0 Å². The number of benzene rings is 3. The first-order valence-electron chi connectivity index (χ1n) is 10.6. The molecular weight excluding hydrogens is 380 g/mol. The zero-order valence-electron chi connectivity index (χ0n) is 17.6. The Kier molecular flexibility index (Phi) is 6.48. The van der Waals surface area contributed by atoms with Crippen LogP contribution in [0.4, 0.5) is 11.4 Å². The minimum absolute atomic E-state index is 0.725. The third kappa shape index (κ3) is 5.23. The molecule has 1 aliphatic rings. The van der Waals surface area contributed by atoms with Gasteiger partial charge < -0.3 is 16.4 Å². The quantitative estimate of drug-likeness (QED) is 0.323. The van der Waals surface area contributed by atoms with Crippen molar-refractivity contribution in [2.75, 3.05) is 31.1 Å². The van der Waals surface area contributed by atoms with Crippen LogP contribution in [0.15, 0.2) is 102 Å². The zero-order chi connectivity index (χ0) is 21.5. The lowest BCUT2D eigenvalue weighted by Gasteiger charge is -2.20. The van der Waals surface area contributed by atoms with Gasteiger partial charge in [0.2, 0.25) is 0 Å². The van der Waals surface area contributed by atoms with Crippen LogP contribution in [0, 0.1) is 0 Å². The lowest BCUT2D eigenvalue weighted by Crippen LogP contribution is -2.20. The molecule has 156 valence electrons. The van der Waals surface area contributed by atoms with Gasteiger partial charge in [0.1, 0.15) is 0 Å². The van der Waals surface area contributed by atoms with Crippen LogP contribution in [-0.2, 0) is 0 Å². The molecule has 3 aromatic rings. The zero-order valence-corrected chi connectivity index (χ0v) is 17.6. The molecule has 0 atom stereocenters. The van der Waals surface area contributed by atoms with E-state index in [2.05, 4.69) is 47.5 Å². The number of nitrogens with zero attached hydrogens (tertiary/aromatic N) is 2. The van der Waals surface area contributed by atoms with Gasteiger partial charge in [-0.25, -0.2) is 0 Å². The van der Waals surface area contributed by atoms with E-state index in [-0.39, 0.29) is 0 Å². The molecule has 1 heterocycles. The third-order valence-corrected chi connectivity index (χ3v) is 5.33. The van der Waals surface area contributed by atoms with Gasteiger partial charge in [-0.15, -0.1) is 0 Å². The number of hydrogen-bond acceptors (Lipinski definition) is 4. The minimum Gasteiger partial charge on any atom is -0.399 e. The Bertz CT molecular complexity index is 1100. The Labute approximate surface area is 184 Å². The maximum Gasteiger partial charge on any atom is 0.0725 e. The highest BCUT2D eigenvalue weighted by Gasteiger charge is 2.14. The van der Waals surface area contributed by atoms with Crippen LogP contribution in [0.2, 0.25) is 0 Å². The molecule has 4 rings (SSSR count). The number of nitrogens with two attached hydrogens (primary N) is 2. The molecule has 0 aromatic heterocycles. The van der Waals surface area contributed by atoms with Crippen molar-refractivity contribution in [2.45, 2.75) is 6.42 Å². The van der Waals surface area contributed by atoms with E-state index < -0.39 is 0 Å². The lowest BCUT2D eigenvalue weighted by molar-refractivity contribution is 0.406. The maximum atomic E-state index is 6.20. The number of allylic oxidation sites excluding steroid dienone is 2. The number of anilines is 2. The van der Waals surface area contributed by atoms with Gasteiger partial charge in [0.25, 0.3) is 0 Å². The minimum atomic E-state index is 0.725. The summed E-state index contributed by atoms with van der Waals surface area (Å²) in [5.74, 6) is 0. The van der Waals surface area contributed by atoms with E-state index >= 15 is 0 Å². The second-order valence-electron chi connectivity index (χ2n) is 7.64. The summed E-state index contributed by atoms with van der Waals surface area (Å²) < 4.78 is 0. The van der Waals surface area contributed by atoms with E-state index in [4.69, 9.17) is 16.5 Å². The van der Waals surface area contributed by atoms with Crippen molar-refractivity contribution >= 4 is 17.1 Å². The Balaban J connectivity index is 1.67. The van der Waals surface area contributed by atoms with Gasteiger partial charge in [0.05, 0.1) is 5.71 Å². The first-order valence-corrected chi connectivity index (χ1v) is 10.6. The number of rotatable bonds is 7. The molecule has 4 nitrogen and oxygen atoms in total. The highest BCUT2D eigenvalue weighted by atomic mass is 15.1. The summed E-state index contributed by atoms with van der Waals surface area (Å²) in [6.07, 6.45) is 9.45. The van der Waals surface area contributed by atoms with Crippen LogP contribution in [0.1, 0.15) is 17.5 Å². The molecule has 0 saturated heterocycles. The molecule has 0 radical (unpaired) electrons. The van der Waals surface area contributed by atoms with Crippen LogP contribution in [-0.4, -0.2) is 30.2 Å². The molecule has 0 bridgehead atoms. The largest absolute Gasteiger partial charge is 0.399 e. The van der Waals surface area contributed by atoms with Crippen LogP contribution in [0.3, 0.4) is 0 Å². The second-order valence-corrected chi connectivity index (χ2v) is 7.64. The Morgan fingerprint density at radius 2 is 1.65 bits per heavy atom. The molecule has 0 amide bonds. The average molecular weight is 409 g/mol. The topological polar surface area (TPSA) is 67.6 Å². The summed E-state index contributed by atoms with van der Waals surface area (Å²) in [7, 11) is 0. The van der Waals surface area contributed by atoms with Crippen LogP contribution < -0.4 is 11.5 Å². The molecule has 31 heavy (non-hydrogen) atoms. The smallest absolute Gasteiger partial charge is 0.0725 e. The maximum absolute atomic E-state index is 6.20. The van der Waals surface area contributed by atoms with E-state index in [1.807, 2.05) is 54.6 Å². The van der Waals surface area contributed by atoms with Crippen molar-refractivity contribution in [3.63, 3.8) is 0 Å². The normalized spacial score (nSPS) is 13.5. The van der Waals surface area contributed by atoms with Crippen molar-refractivity contribution in [3.8, 4) is 11.1 Å². The average Bonchev–Trinajstić information content (AvgIpc) is 2.81. The van der Waals surface area contributed by atoms with E-state index in [1.165, 1.54) is 0 Å². The second kappa shape index (κ2) is 9.81. The van der Waals surface area contributed by atoms with E-state index in [0.717, 1.165) is 65.4 Å². The van der Waals surface area contributed by atoms with Crippen LogP contribution in [0.5, 0.6) is 0 Å². The molecule has 0 spiro atoms. The SMILES string of the molecule is Nc1ccc(-c2ccc(N)cc2C(=NCCCN2C=CC=CC2)c2ccccc2)cc1. The molecule has 0 saturated carbocycles. The van der Waals surface area contributed by atoms with Gasteiger partial charge in [-0.2, -0.15) is 0 Å². The van der Waals surface area contributed by atoms with Gasteiger partial charge in [-0.05, 0) is 54.1 Å². The van der Waals surface area contributed by atoms with Crippen LogP contribution >= 0.6 is 0 Å². The molecule has 1 aliphatic heterocycles. The fourth-order valence-electron chi connectivity index (χ4n) is 3.74. The molecule has 0 aliphatic carbocycles. The highest BCUT2D eigenvalue weighted by molar-refractivity contribution is 6.16. The number of hydrogen-bond donors (Lipinski definition) is 2. The fourth-order valence-corrected chi connectivity index (χ4v) is 3.74. The predicted octanol–water partition coefficient (Wildman–Crippen LogP) is 5.13. The van der Waals surface area contributed by atoms with Gasteiger partial charge in [-0.1, -0.05) is 60.7 Å². The first kappa shape index (κ1) is 20.5. The summed E-state index contributed by atoms with van der Waals surface area (Å²) in [5, 5.41) is 0. The van der Waals surface area contributed by atoms with Gasteiger partial charge in [0, 0.05) is 42.1 Å². The van der Waals surface area contributed by atoms with Gasteiger partial charge in [0.15, 0.2) is 0 Å². The van der Waals surface area contributed by atoms with Crippen molar-refractivity contribution < 1.29 is 0 Å². The van der Waals surface area contributed by atoms with E-state index in [1.54, 1.807) is 0 Å². The van der Waals surface area contributed by atoms with Crippen molar-refractivity contribution in [2.24, 2.45) is 4.99 Å². The van der Waals surface area contributed by atoms with Crippen molar-refractivity contribution in [1.29, 1.82) is 0 Å². The van der Waals surface area contributed by atoms with Crippen molar-refractivity contribution in [3.05, 3.63) is 108 Å². The lowest BCUT2D eigenvalue weighted by atomic mass is 9.92. The Morgan fingerprint density at radius 1 is 0.871 bits per heavy atom. The molecular formula is C27H28N4. The summed E-state index contributed by atoms with van der Waals surface area (Å²) >= 11 is 0. The number of aliphatic imine (C=N–C) groups is 1. The molecule has 4 N–H and O–H groups in total. The Hall–Kier alpha value is -3.79. The summed E-state index contributed by atoms with van der Waals surface area (Å²) in [6, 6.07) is 24.3. The third-order valence-electron chi connectivity index (χ3n) is 5.33. The fraction of sp³-hybridized carbons (Fsp3) is 0.148. The summed E-state index contributed by atoms with van der Waals surface area (Å²) in [5.41, 5.74) is 18.9. The predicted molar refractivity (Wildman–Crippen MR) is 132 cm³/mol. The number of nitrogen functional groups attached to an aromatic ring is 2. The highest BCUT2D eigenvalue weighted by Crippen LogP contribution is 2.29. The van der Waals surface area contributed by atoms with E-state index in [0.29, 0.717) is 0 Å². The summed E-state index contributed by atoms with van der Waals surface area (Å²) in [4.78, 5) is 7.36. The molecule has 0 fully saturated rings. The molecule has 0 unspecified atom stereocenters. The standard InChI is InChI=1S/C27H28N4/c28-23-12-10-21(11-13-23)25-15-14-24(29)20-26(25)27(22-8-3-1-4-9-22)30-16-7-19-31-17-5-2-6-18-31/h1-6,8-15,17,20H,7,16,18-19,28-29H2. The van der Waals surface area contributed by atoms with Crippen molar-refractivity contribution in [1.82, 2.24) is 4.90 Å². The monoisotopic (exact) mass is 408 g/mol. The van der Waals surface area contributed by atoms with Crippen LogP contribution in [0.25, 0.3) is 11.1 Å². The Morgan fingerprint density at radius 3 is 2.39 bits per heavy atom.